The van der Waals surface area contributed by atoms with Gasteiger partial charge in [0.1, 0.15) is 6.33 Å². The molecule has 0 aliphatic rings. The van der Waals surface area contributed by atoms with Gasteiger partial charge < -0.3 is 10.2 Å². The van der Waals surface area contributed by atoms with Gasteiger partial charge in [-0.05, 0) is 30.7 Å². The zero-order valence-electron chi connectivity index (χ0n) is 13.4. The largest absolute Gasteiger partial charge is 0.350 e. The lowest BCUT2D eigenvalue weighted by atomic mass is 10.2. The van der Waals surface area contributed by atoms with Gasteiger partial charge in [0.2, 0.25) is 11.1 Å². The van der Waals surface area contributed by atoms with Crippen LogP contribution in [0.1, 0.15) is 12.0 Å². The Bertz CT molecular complexity index is 740. The number of benzene rings is 1. The number of nitrogens with one attached hydrogen (secondary N) is 1. The Morgan fingerprint density at radius 1 is 1.29 bits per heavy atom. The summed E-state index contributed by atoms with van der Waals surface area (Å²) in [6.45, 7) is 2.72. The van der Waals surface area contributed by atoms with Crippen LogP contribution in [0.25, 0.3) is 5.95 Å². The summed E-state index contributed by atoms with van der Waals surface area (Å²) in [6, 6.07) is 7.92. The van der Waals surface area contributed by atoms with E-state index >= 15 is 0 Å². The van der Waals surface area contributed by atoms with Gasteiger partial charge in [-0.15, -0.1) is 0 Å². The van der Waals surface area contributed by atoms with Crippen molar-refractivity contribution in [3.05, 3.63) is 53.6 Å². The highest BCUT2D eigenvalue weighted by Crippen LogP contribution is 2.17. The number of nitrogens with zero attached hydrogens (tertiary/aromatic N) is 5. The predicted molar refractivity (Wildman–Crippen MR) is 98.1 cm³/mol. The second-order valence-electron chi connectivity index (χ2n) is 5.43. The van der Waals surface area contributed by atoms with Gasteiger partial charge in [-0.25, -0.2) is 4.98 Å². The third-order valence-electron chi connectivity index (χ3n) is 3.56. The molecule has 0 aliphatic carbocycles. The normalized spacial score (nSPS) is 10.9. The summed E-state index contributed by atoms with van der Waals surface area (Å²) < 4.78 is 6.16. The zero-order valence-corrected chi connectivity index (χ0v) is 15.0. The molecule has 24 heavy (non-hydrogen) atoms. The Morgan fingerprint density at radius 3 is 2.88 bits per heavy atom. The van der Waals surface area contributed by atoms with Crippen LogP contribution >= 0.6 is 23.1 Å². The molecule has 0 fully saturated rings. The van der Waals surface area contributed by atoms with Crippen molar-refractivity contribution < 1.29 is 0 Å². The number of halogens is 1. The molecule has 0 aliphatic heterocycles. The lowest BCUT2D eigenvalue weighted by Crippen LogP contribution is -2.23. The van der Waals surface area contributed by atoms with Crippen molar-refractivity contribution in [2.24, 2.45) is 0 Å². The van der Waals surface area contributed by atoms with Gasteiger partial charge in [-0.1, -0.05) is 23.7 Å². The molecular weight excluding hydrogens is 344 g/mol. The monoisotopic (exact) mass is 362 g/mol. The van der Waals surface area contributed by atoms with Crippen molar-refractivity contribution in [1.82, 2.24) is 24.2 Å². The van der Waals surface area contributed by atoms with E-state index in [1.807, 2.05) is 42.1 Å². The van der Waals surface area contributed by atoms with Crippen molar-refractivity contribution in [2.75, 3.05) is 25.0 Å². The second kappa shape index (κ2) is 8.23. The summed E-state index contributed by atoms with van der Waals surface area (Å²) in [5, 5.41) is 5.12. The minimum absolute atomic E-state index is 0.667. The summed E-state index contributed by atoms with van der Waals surface area (Å²) in [5.74, 6) is 0.667. The second-order valence-corrected chi connectivity index (χ2v) is 6.59. The van der Waals surface area contributed by atoms with E-state index in [1.165, 1.54) is 17.1 Å². The van der Waals surface area contributed by atoms with Gasteiger partial charge in [0.15, 0.2) is 0 Å². The van der Waals surface area contributed by atoms with Crippen LogP contribution in [0.2, 0.25) is 5.02 Å². The number of hydrogen-bond donors (Lipinski definition) is 1. The summed E-state index contributed by atoms with van der Waals surface area (Å²) in [4.78, 5) is 10.7. The number of imidazole rings is 1. The highest BCUT2D eigenvalue weighted by molar-refractivity contribution is 7.09. The van der Waals surface area contributed by atoms with Gasteiger partial charge in [0.05, 0.1) is 0 Å². The Morgan fingerprint density at radius 2 is 2.12 bits per heavy atom. The molecule has 1 aromatic carbocycles. The first-order valence-electron chi connectivity index (χ1n) is 7.71. The van der Waals surface area contributed by atoms with Crippen LogP contribution in [-0.2, 0) is 6.54 Å². The van der Waals surface area contributed by atoms with E-state index in [0.29, 0.717) is 5.95 Å². The molecule has 3 aromatic rings. The van der Waals surface area contributed by atoms with Crippen LogP contribution in [0.4, 0.5) is 5.13 Å². The Balaban J connectivity index is 1.39. The van der Waals surface area contributed by atoms with Gasteiger partial charge >= 0.3 is 0 Å². The quantitative estimate of drug-likeness (QED) is 0.624. The Hall–Kier alpha value is -1.96. The summed E-state index contributed by atoms with van der Waals surface area (Å²) in [5.41, 5.74) is 1.24. The molecule has 1 N–H and O–H groups in total. The summed E-state index contributed by atoms with van der Waals surface area (Å²) >= 11 is 7.28. The third-order valence-corrected chi connectivity index (χ3v) is 4.63. The molecule has 0 radical (unpaired) electrons. The van der Waals surface area contributed by atoms with Crippen molar-refractivity contribution in [1.29, 1.82) is 0 Å². The van der Waals surface area contributed by atoms with Gasteiger partial charge in [0.25, 0.3) is 0 Å². The average Bonchev–Trinajstić information content (AvgIpc) is 3.27. The number of hydrogen-bond acceptors (Lipinski definition) is 6. The van der Waals surface area contributed by atoms with Crippen LogP contribution < -0.4 is 10.2 Å². The molecule has 2 aromatic heterocycles. The highest BCUT2D eigenvalue weighted by Gasteiger charge is 2.09. The van der Waals surface area contributed by atoms with Crippen molar-refractivity contribution in [2.45, 2.75) is 13.0 Å². The number of anilines is 1. The molecule has 0 spiro atoms. The van der Waals surface area contributed by atoms with Gasteiger partial charge in [-0.2, -0.15) is 9.36 Å². The van der Waals surface area contributed by atoms with E-state index in [9.17, 15) is 0 Å². The predicted octanol–water partition coefficient (Wildman–Crippen LogP) is 2.99. The van der Waals surface area contributed by atoms with E-state index in [2.05, 4.69) is 24.6 Å². The number of aromatic nitrogens is 4. The Labute approximate surface area is 150 Å². The minimum Gasteiger partial charge on any atom is -0.350 e. The van der Waals surface area contributed by atoms with Crippen LogP contribution in [0.3, 0.4) is 0 Å². The molecule has 6 nitrogen and oxygen atoms in total. The first-order valence-corrected chi connectivity index (χ1v) is 8.86. The lowest BCUT2D eigenvalue weighted by molar-refractivity contribution is 0.645. The smallest absolute Gasteiger partial charge is 0.248 e. The fraction of sp³-hybridized carbons (Fsp3) is 0.312. The van der Waals surface area contributed by atoms with E-state index in [0.717, 1.165) is 36.2 Å². The molecule has 0 unspecified atom stereocenters. The van der Waals surface area contributed by atoms with E-state index in [4.69, 9.17) is 11.6 Å². The van der Waals surface area contributed by atoms with Crippen molar-refractivity contribution in [3.8, 4) is 5.95 Å². The SMILES string of the molecule is CN(CCCNCc1ccc(Cl)cc1)c1nc(-n2ccnc2)ns1. The average molecular weight is 363 g/mol. The molecular formula is C16H19ClN6S. The van der Waals surface area contributed by atoms with Gasteiger partial charge in [0, 0.05) is 49.1 Å². The highest BCUT2D eigenvalue weighted by atomic mass is 35.5. The maximum atomic E-state index is 5.88. The standard InChI is InChI=1S/C16H19ClN6S/c1-22(16-20-15(21-24-16)23-10-8-19-12-23)9-2-7-18-11-13-3-5-14(17)6-4-13/h3-6,8,10,12,18H,2,7,9,11H2,1H3. The van der Waals surface area contributed by atoms with E-state index in [-0.39, 0.29) is 0 Å². The Kier molecular flexibility index (Phi) is 5.79. The van der Waals surface area contributed by atoms with E-state index < -0.39 is 0 Å². The van der Waals surface area contributed by atoms with E-state index in [1.54, 1.807) is 12.5 Å². The van der Waals surface area contributed by atoms with Crippen LogP contribution in [0, 0.1) is 0 Å². The zero-order chi connectivity index (χ0) is 16.8. The molecule has 0 atom stereocenters. The van der Waals surface area contributed by atoms with Crippen LogP contribution in [-0.4, -0.2) is 39.0 Å². The third kappa shape index (κ3) is 4.53. The summed E-state index contributed by atoms with van der Waals surface area (Å²) in [6.07, 6.45) is 6.29. The van der Waals surface area contributed by atoms with Gasteiger partial charge in [-0.3, -0.25) is 4.57 Å². The van der Waals surface area contributed by atoms with Crippen LogP contribution in [0.5, 0.6) is 0 Å². The molecule has 2 heterocycles. The van der Waals surface area contributed by atoms with Crippen LogP contribution in [0.15, 0.2) is 43.0 Å². The molecule has 3 rings (SSSR count). The maximum absolute atomic E-state index is 5.88. The fourth-order valence-electron chi connectivity index (χ4n) is 2.22. The molecule has 8 heteroatoms. The van der Waals surface area contributed by atoms with Crippen molar-refractivity contribution in [3.63, 3.8) is 0 Å². The fourth-order valence-corrected chi connectivity index (χ4v) is 2.99. The molecule has 126 valence electrons. The molecule has 0 saturated heterocycles. The van der Waals surface area contributed by atoms with Crippen molar-refractivity contribution >= 4 is 28.3 Å². The molecule has 0 bridgehead atoms. The number of rotatable bonds is 8. The lowest BCUT2D eigenvalue weighted by Gasteiger charge is -2.15. The topological polar surface area (TPSA) is 58.9 Å². The minimum atomic E-state index is 0.667. The molecule has 0 amide bonds. The maximum Gasteiger partial charge on any atom is 0.248 e. The molecule has 0 saturated carbocycles. The first kappa shape index (κ1) is 16.9. The summed E-state index contributed by atoms with van der Waals surface area (Å²) in [7, 11) is 2.04. The first-order chi connectivity index (χ1) is 11.7.